The van der Waals surface area contributed by atoms with Crippen molar-refractivity contribution in [1.82, 2.24) is 4.98 Å². The van der Waals surface area contributed by atoms with E-state index < -0.39 is 0 Å². The first-order valence-corrected chi connectivity index (χ1v) is 6.16. The number of nitrogens with zero attached hydrogens (tertiary/aromatic N) is 1. The number of fused-ring (bicyclic) bond motifs is 1. The maximum Gasteiger partial charge on any atom is 0.130 e. The van der Waals surface area contributed by atoms with E-state index in [1.54, 1.807) is 6.20 Å². The first kappa shape index (κ1) is 12.6. The molecule has 2 rings (SSSR count). The molecule has 0 fully saturated rings. The second-order valence-corrected chi connectivity index (χ2v) is 4.01. The molecule has 2 N–H and O–H groups in total. The van der Waals surface area contributed by atoms with Crippen molar-refractivity contribution in [3.63, 3.8) is 0 Å². The number of nitrogens with two attached hydrogens (primary N) is 1. The minimum Gasteiger partial charge on any atom is -0.490 e. The zero-order chi connectivity index (χ0) is 12.8. The SMILES string of the molecule is CCCOCCOc1ccnc2c(N)cccc12. The summed E-state index contributed by atoms with van der Waals surface area (Å²) in [6, 6.07) is 7.55. The Morgan fingerprint density at radius 1 is 1.17 bits per heavy atom. The van der Waals surface area contributed by atoms with Crippen molar-refractivity contribution in [2.75, 3.05) is 25.6 Å². The molecule has 0 aliphatic carbocycles. The van der Waals surface area contributed by atoms with E-state index in [0.29, 0.717) is 18.9 Å². The Labute approximate surface area is 107 Å². The summed E-state index contributed by atoms with van der Waals surface area (Å²) in [5.74, 6) is 0.799. The van der Waals surface area contributed by atoms with E-state index in [1.165, 1.54) is 0 Å². The summed E-state index contributed by atoms with van der Waals surface area (Å²) in [5.41, 5.74) is 7.33. The van der Waals surface area contributed by atoms with Gasteiger partial charge in [0, 0.05) is 18.2 Å². The first-order valence-electron chi connectivity index (χ1n) is 6.16. The van der Waals surface area contributed by atoms with Crippen LogP contribution in [0.25, 0.3) is 10.9 Å². The predicted octanol–water partition coefficient (Wildman–Crippen LogP) is 2.62. The number of hydrogen-bond acceptors (Lipinski definition) is 4. The van der Waals surface area contributed by atoms with Crippen molar-refractivity contribution < 1.29 is 9.47 Å². The lowest BCUT2D eigenvalue weighted by atomic mass is 10.2. The number of rotatable bonds is 6. The lowest BCUT2D eigenvalue weighted by molar-refractivity contribution is 0.101. The number of pyridine rings is 1. The molecule has 96 valence electrons. The summed E-state index contributed by atoms with van der Waals surface area (Å²) < 4.78 is 11.1. The van der Waals surface area contributed by atoms with Gasteiger partial charge in [-0.2, -0.15) is 0 Å². The number of hydrogen-bond donors (Lipinski definition) is 1. The molecule has 2 aromatic rings. The minimum absolute atomic E-state index is 0.536. The zero-order valence-corrected chi connectivity index (χ0v) is 10.6. The van der Waals surface area contributed by atoms with Crippen molar-refractivity contribution >= 4 is 16.6 Å². The molecular weight excluding hydrogens is 228 g/mol. The van der Waals surface area contributed by atoms with Gasteiger partial charge in [-0.05, 0) is 24.6 Å². The van der Waals surface area contributed by atoms with Crippen molar-refractivity contribution in [3.8, 4) is 5.75 Å². The molecular formula is C14H18N2O2. The van der Waals surface area contributed by atoms with Crippen LogP contribution in [0, 0.1) is 0 Å². The largest absolute Gasteiger partial charge is 0.490 e. The molecule has 18 heavy (non-hydrogen) atoms. The van der Waals surface area contributed by atoms with Gasteiger partial charge in [-0.1, -0.05) is 13.0 Å². The highest BCUT2D eigenvalue weighted by molar-refractivity contribution is 5.93. The highest BCUT2D eigenvalue weighted by atomic mass is 16.5. The van der Waals surface area contributed by atoms with Crippen LogP contribution in [-0.2, 0) is 4.74 Å². The Morgan fingerprint density at radius 2 is 2.06 bits per heavy atom. The lowest BCUT2D eigenvalue weighted by Crippen LogP contribution is -2.07. The van der Waals surface area contributed by atoms with Crippen LogP contribution in [0.3, 0.4) is 0 Å². The molecule has 0 saturated carbocycles. The highest BCUT2D eigenvalue weighted by Crippen LogP contribution is 2.27. The van der Waals surface area contributed by atoms with Gasteiger partial charge in [0.05, 0.1) is 17.8 Å². The second kappa shape index (κ2) is 6.21. The van der Waals surface area contributed by atoms with Gasteiger partial charge in [-0.15, -0.1) is 0 Å². The first-order chi connectivity index (χ1) is 8.83. The fourth-order valence-corrected chi connectivity index (χ4v) is 1.76. The standard InChI is InChI=1S/C14H18N2O2/c1-2-8-17-9-10-18-13-6-7-16-14-11(13)4-3-5-12(14)15/h3-7H,2,8-10,15H2,1H3. The third-order valence-corrected chi connectivity index (χ3v) is 2.60. The van der Waals surface area contributed by atoms with Gasteiger partial charge in [0.2, 0.25) is 0 Å². The average molecular weight is 246 g/mol. The van der Waals surface area contributed by atoms with E-state index in [1.807, 2.05) is 24.3 Å². The number of benzene rings is 1. The molecule has 0 bridgehead atoms. The maximum absolute atomic E-state index is 5.88. The molecule has 4 nitrogen and oxygen atoms in total. The van der Waals surface area contributed by atoms with E-state index in [4.69, 9.17) is 15.2 Å². The van der Waals surface area contributed by atoms with Gasteiger partial charge < -0.3 is 15.2 Å². The molecule has 0 aliphatic rings. The summed E-state index contributed by atoms with van der Waals surface area (Å²) in [6.45, 7) is 3.99. The third-order valence-electron chi connectivity index (χ3n) is 2.60. The molecule has 0 unspecified atom stereocenters. The molecule has 0 aliphatic heterocycles. The average Bonchev–Trinajstić information content (AvgIpc) is 2.39. The van der Waals surface area contributed by atoms with Crippen LogP contribution in [-0.4, -0.2) is 24.8 Å². The van der Waals surface area contributed by atoms with Crippen molar-refractivity contribution in [1.29, 1.82) is 0 Å². The van der Waals surface area contributed by atoms with Crippen molar-refractivity contribution in [3.05, 3.63) is 30.5 Å². The number of aromatic nitrogens is 1. The second-order valence-electron chi connectivity index (χ2n) is 4.01. The molecule has 1 heterocycles. The Bertz CT molecular complexity index is 514. The number of nitrogen functional groups attached to an aromatic ring is 1. The van der Waals surface area contributed by atoms with Gasteiger partial charge in [0.25, 0.3) is 0 Å². The number of anilines is 1. The topological polar surface area (TPSA) is 57.4 Å². The van der Waals surface area contributed by atoms with E-state index in [2.05, 4.69) is 11.9 Å². The quantitative estimate of drug-likeness (QED) is 0.628. The highest BCUT2D eigenvalue weighted by Gasteiger charge is 2.04. The molecule has 0 amide bonds. The molecule has 0 saturated heterocycles. The van der Waals surface area contributed by atoms with Crippen molar-refractivity contribution in [2.24, 2.45) is 0 Å². The predicted molar refractivity (Wildman–Crippen MR) is 72.8 cm³/mol. The van der Waals surface area contributed by atoms with Crippen LogP contribution in [0.2, 0.25) is 0 Å². The van der Waals surface area contributed by atoms with Crippen LogP contribution in [0.1, 0.15) is 13.3 Å². The van der Waals surface area contributed by atoms with Gasteiger partial charge in [-0.25, -0.2) is 0 Å². The van der Waals surface area contributed by atoms with Crippen LogP contribution in [0.5, 0.6) is 5.75 Å². The zero-order valence-electron chi connectivity index (χ0n) is 10.6. The Morgan fingerprint density at radius 3 is 2.89 bits per heavy atom. The van der Waals surface area contributed by atoms with Gasteiger partial charge in [0.15, 0.2) is 0 Å². The number of ether oxygens (including phenoxy) is 2. The van der Waals surface area contributed by atoms with Gasteiger partial charge in [0.1, 0.15) is 12.4 Å². The fraction of sp³-hybridized carbons (Fsp3) is 0.357. The molecule has 0 spiro atoms. The molecule has 0 radical (unpaired) electrons. The Balaban J connectivity index is 2.07. The summed E-state index contributed by atoms with van der Waals surface area (Å²) in [6.07, 6.45) is 2.73. The fourth-order valence-electron chi connectivity index (χ4n) is 1.76. The Kier molecular flexibility index (Phi) is 4.36. The van der Waals surface area contributed by atoms with E-state index in [0.717, 1.165) is 29.7 Å². The van der Waals surface area contributed by atoms with Crippen LogP contribution in [0.4, 0.5) is 5.69 Å². The van der Waals surface area contributed by atoms with Crippen molar-refractivity contribution in [2.45, 2.75) is 13.3 Å². The Hall–Kier alpha value is -1.81. The monoisotopic (exact) mass is 246 g/mol. The number of para-hydroxylation sites is 1. The summed E-state index contributed by atoms with van der Waals surface area (Å²) in [4.78, 5) is 4.26. The van der Waals surface area contributed by atoms with E-state index >= 15 is 0 Å². The minimum atomic E-state index is 0.536. The molecule has 0 atom stereocenters. The molecule has 4 heteroatoms. The van der Waals surface area contributed by atoms with E-state index in [9.17, 15) is 0 Å². The van der Waals surface area contributed by atoms with Crippen LogP contribution < -0.4 is 10.5 Å². The third kappa shape index (κ3) is 2.90. The van der Waals surface area contributed by atoms with Gasteiger partial charge >= 0.3 is 0 Å². The summed E-state index contributed by atoms with van der Waals surface area (Å²) in [7, 11) is 0. The normalized spacial score (nSPS) is 10.7. The smallest absolute Gasteiger partial charge is 0.130 e. The molecule has 1 aromatic carbocycles. The van der Waals surface area contributed by atoms with E-state index in [-0.39, 0.29) is 0 Å². The summed E-state index contributed by atoms with van der Waals surface area (Å²) >= 11 is 0. The van der Waals surface area contributed by atoms with Gasteiger partial charge in [-0.3, -0.25) is 4.98 Å². The van der Waals surface area contributed by atoms with Crippen LogP contribution in [0.15, 0.2) is 30.5 Å². The lowest BCUT2D eigenvalue weighted by Gasteiger charge is -2.09. The maximum atomic E-state index is 5.88. The summed E-state index contributed by atoms with van der Waals surface area (Å²) in [5, 5.41) is 0.938. The molecule has 1 aromatic heterocycles. The van der Waals surface area contributed by atoms with Crippen LogP contribution >= 0.6 is 0 Å².